The number of hydrogen-bond acceptors (Lipinski definition) is 8. The van der Waals surface area contributed by atoms with Crippen molar-refractivity contribution in [1.29, 1.82) is 5.26 Å². The Kier molecular flexibility index (Phi) is 6.20. The van der Waals surface area contributed by atoms with Gasteiger partial charge in [0.1, 0.15) is 35.8 Å². The number of pyridine rings is 1. The number of benzene rings is 1. The molecule has 1 aromatic carbocycles. The fourth-order valence-electron chi connectivity index (χ4n) is 3.24. The summed E-state index contributed by atoms with van der Waals surface area (Å²) >= 11 is 0. The van der Waals surface area contributed by atoms with E-state index in [1.54, 1.807) is 19.1 Å². The van der Waals surface area contributed by atoms with Gasteiger partial charge in [-0.15, -0.1) is 0 Å². The van der Waals surface area contributed by atoms with E-state index in [0.29, 0.717) is 46.6 Å². The zero-order valence-electron chi connectivity index (χ0n) is 17.7. The lowest BCUT2D eigenvalue weighted by atomic mass is 10.1. The minimum atomic E-state index is -4.61. The third kappa shape index (κ3) is 5.59. The highest BCUT2D eigenvalue weighted by Crippen LogP contribution is 2.31. The van der Waals surface area contributed by atoms with Crippen LogP contribution in [0.5, 0.6) is 5.75 Å². The topological polar surface area (TPSA) is 119 Å². The summed E-state index contributed by atoms with van der Waals surface area (Å²) in [4.78, 5) is 12.4. The van der Waals surface area contributed by atoms with Crippen LogP contribution in [0.3, 0.4) is 0 Å². The number of nitriles is 1. The van der Waals surface area contributed by atoms with Crippen LogP contribution < -0.4 is 15.8 Å². The van der Waals surface area contributed by atoms with E-state index in [1.165, 1.54) is 6.07 Å². The van der Waals surface area contributed by atoms with E-state index < -0.39 is 11.9 Å². The molecular formula is C22H21F3N6O2. The maximum absolute atomic E-state index is 13.1. The summed E-state index contributed by atoms with van der Waals surface area (Å²) in [5.74, 6) is 1.15. The molecule has 0 spiro atoms. The molecule has 3 aromatic rings. The predicted octanol–water partition coefficient (Wildman–Crippen LogP) is 3.98. The fraction of sp³-hybridized carbons (Fsp3) is 0.364. The Morgan fingerprint density at radius 2 is 1.94 bits per heavy atom. The Hall–Kier alpha value is -3.65. The molecule has 1 aliphatic carbocycles. The standard InChI is InChI=1S/C22H21F3N6O2/c1-12-29-18-6-13(10-26)19(33-5-4-32-16-2-3-16)9-17(18)21(30-12)28-11-15-7-14(27)8-20(31-15)22(23,24)25/h6-9,16H,2-5,11H2,1H3,(H2,27,31)(H,28,29,30). The summed E-state index contributed by atoms with van der Waals surface area (Å²) < 4.78 is 50.5. The molecule has 11 heteroatoms. The van der Waals surface area contributed by atoms with Crippen LogP contribution in [0, 0.1) is 18.3 Å². The third-order valence-electron chi connectivity index (χ3n) is 4.88. The molecule has 1 fully saturated rings. The minimum absolute atomic E-state index is 0.0411. The molecule has 33 heavy (non-hydrogen) atoms. The lowest BCUT2D eigenvalue weighted by molar-refractivity contribution is -0.141. The zero-order chi connectivity index (χ0) is 23.6. The van der Waals surface area contributed by atoms with Crippen LogP contribution in [-0.2, 0) is 17.5 Å². The number of nitrogens with two attached hydrogens (primary N) is 1. The van der Waals surface area contributed by atoms with E-state index in [-0.39, 0.29) is 24.5 Å². The van der Waals surface area contributed by atoms with Gasteiger partial charge in [0.05, 0.1) is 36.0 Å². The molecule has 2 heterocycles. The van der Waals surface area contributed by atoms with Crippen molar-refractivity contribution in [2.75, 3.05) is 24.3 Å². The third-order valence-corrected chi connectivity index (χ3v) is 4.88. The molecule has 0 unspecified atom stereocenters. The van der Waals surface area contributed by atoms with Crippen molar-refractivity contribution >= 4 is 22.4 Å². The SMILES string of the molecule is Cc1nc(NCc2cc(N)cc(C(F)(F)F)n2)c2cc(OCCOC3CC3)c(C#N)cc2n1. The second kappa shape index (κ2) is 9.07. The number of nitrogens with one attached hydrogen (secondary N) is 1. The molecule has 1 saturated carbocycles. The Balaban J connectivity index is 1.59. The number of ether oxygens (including phenoxy) is 2. The van der Waals surface area contributed by atoms with Gasteiger partial charge in [-0.1, -0.05) is 0 Å². The van der Waals surface area contributed by atoms with E-state index in [2.05, 4.69) is 26.3 Å². The van der Waals surface area contributed by atoms with Crippen LogP contribution in [0.15, 0.2) is 24.3 Å². The molecule has 1 aliphatic rings. The quantitative estimate of drug-likeness (QED) is 0.487. The Morgan fingerprint density at radius 3 is 2.64 bits per heavy atom. The molecule has 0 atom stereocenters. The predicted molar refractivity (Wildman–Crippen MR) is 114 cm³/mol. The summed E-state index contributed by atoms with van der Waals surface area (Å²) in [5.41, 5.74) is 5.43. The van der Waals surface area contributed by atoms with E-state index in [4.69, 9.17) is 15.2 Å². The van der Waals surface area contributed by atoms with Gasteiger partial charge >= 0.3 is 6.18 Å². The lowest BCUT2D eigenvalue weighted by Crippen LogP contribution is -2.13. The molecule has 0 bridgehead atoms. The number of nitrogen functional groups attached to an aromatic ring is 1. The van der Waals surface area contributed by atoms with Crippen molar-refractivity contribution < 1.29 is 22.6 Å². The van der Waals surface area contributed by atoms with Gasteiger partial charge in [0.15, 0.2) is 0 Å². The second-order valence-corrected chi connectivity index (χ2v) is 7.64. The van der Waals surface area contributed by atoms with Crippen LogP contribution in [0.1, 0.15) is 35.6 Å². The van der Waals surface area contributed by atoms with Crippen molar-refractivity contribution in [2.24, 2.45) is 0 Å². The average Bonchev–Trinajstić information content (AvgIpc) is 3.58. The number of halogens is 3. The van der Waals surface area contributed by atoms with Gasteiger partial charge in [-0.25, -0.2) is 15.0 Å². The Morgan fingerprint density at radius 1 is 1.15 bits per heavy atom. The summed E-state index contributed by atoms with van der Waals surface area (Å²) in [6.07, 6.45) is -2.20. The van der Waals surface area contributed by atoms with Gasteiger partial charge in [-0.05, 0) is 44.0 Å². The Bertz CT molecular complexity index is 1220. The second-order valence-electron chi connectivity index (χ2n) is 7.64. The van der Waals surface area contributed by atoms with Gasteiger partial charge < -0.3 is 20.5 Å². The van der Waals surface area contributed by atoms with Gasteiger partial charge in [-0.2, -0.15) is 18.4 Å². The summed E-state index contributed by atoms with van der Waals surface area (Å²) in [5, 5.41) is 13.1. The number of rotatable bonds is 8. The van der Waals surface area contributed by atoms with Gasteiger partial charge in [0.2, 0.25) is 0 Å². The van der Waals surface area contributed by atoms with E-state index in [9.17, 15) is 18.4 Å². The summed E-state index contributed by atoms with van der Waals surface area (Å²) in [6.45, 7) is 2.31. The molecule has 8 nitrogen and oxygen atoms in total. The van der Waals surface area contributed by atoms with Crippen molar-refractivity contribution in [3.63, 3.8) is 0 Å². The van der Waals surface area contributed by atoms with Crippen molar-refractivity contribution in [1.82, 2.24) is 15.0 Å². The number of aromatic nitrogens is 3. The minimum Gasteiger partial charge on any atom is -0.490 e. The first-order chi connectivity index (χ1) is 15.7. The lowest BCUT2D eigenvalue weighted by Gasteiger charge is -2.14. The van der Waals surface area contributed by atoms with Crippen molar-refractivity contribution in [3.8, 4) is 11.8 Å². The highest BCUT2D eigenvalue weighted by Gasteiger charge is 2.33. The van der Waals surface area contributed by atoms with Crippen LogP contribution in [0.25, 0.3) is 10.9 Å². The Labute approximate surface area is 187 Å². The normalized spacial score (nSPS) is 13.7. The molecule has 2 aromatic heterocycles. The number of fused-ring (bicyclic) bond motifs is 1. The monoisotopic (exact) mass is 458 g/mol. The van der Waals surface area contributed by atoms with Gasteiger partial charge in [0.25, 0.3) is 0 Å². The van der Waals surface area contributed by atoms with Crippen molar-refractivity contribution in [2.45, 2.75) is 38.6 Å². The summed E-state index contributed by atoms with van der Waals surface area (Å²) in [7, 11) is 0. The molecule has 172 valence electrons. The number of aryl methyl sites for hydroxylation is 1. The molecule has 0 amide bonds. The molecule has 0 radical (unpaired) electrons. The molecule has 4 rings (SSSR count). The first-order valence-corrected chi connectivity index (χ1v) is 10.3. The number of alkyl halides is 3. The molecule has 0 saturated heterocycles. The molecular weight excluding hydrogens is 437 g/mol. The maximum Gasteiger partial charge on any atom is 0.433 e. The van der Waals surface area contributed by atoms with Gasteiger partial charge in [-0.3, -0.25) is 0 Å². The van der Waals surface area contributed by atoms with E-state index in [0.717, 1.165) is 18.9 Å². The number of hydrogen-bond donors (Lipinski definition) is 2. The van der Waals surface area contributed by atoms with Crippen molar-refractivity contribution in [3.05, 3.63) is 47.0 Å². The maximum atomic E-state index is 13.1. The largest absolute Gasteiger partial charge is 0.490 e. The van der Waals surface area contributed by atoms with Crippen LogP contribution in [0.4, 0.5) is 24.7 Å². The van der Waals surface area contributed by atoms with Crippen LogP contribution in [0.2, 0.25) is 0 Å². The number of anilines is 2. The molecule has 0 aliphatic heterocycles. The molecule has 3 N–H and O–H groups in total. The van der Waals surface area contributed by atoms with Gasteiger partial charge in [0, 0.05) is 11.1 Å². The zero-order valence-corrected chi connectivity index (χ0v) is 17.7. The highest BCUT2D eigenvalue weighted by atomic mass is 19.4. The smallest absolute Gasteiger partial charge is 0.433 e. The fourth-order valence-corrected chi connectivity index (χ4v) is 3.24. The number of nitrogens with zero attached hydrogens (tertiary/aromatic N) is 4. The first-order valence-electron chi connectivity index (χ1n) is 10.3. The van der Waals surface area contributed by atoms with Crippen LogP contribution >= 0.6 is 0 Å². The van der Waals surface area contributed by atoms with E-state index >= 15 is 0 Å². The first kappa shape index (κ1) is 22.5. The highest BCUT2D eigenvalue weighted by molar-refractivity contribution is 5.91. The van der Waals surface area contributed by atoms with E-state index in [1.807, 2.05) is 0 Å². The average molecular weight is 458 g/mol. The van der Waals surface area contributed by atoms with Crippen LogP contribution in [-0.4, -0.2) is 34.3 Å². The summed E-state index contributed by atoms with van der Waals surface area (Å²) in [6, 6.07) is 7.47.